The van der Waals surface area contributed by atoms with Crippen LogP contribution in [0.2, 0.25) is 5.02 Å². The van der Waals surface area contributed by atoms with Crippen molar-refractivity contribution in [2.24, 2.45) is 5.73 Å². The molecule has 0 aliphatic heterocycles. The largest absolute Gasteiger partial charge is 0.501 e. The number of fused-ring (bicyclic) bond motifs is 1. The molecule has 0 amide bonds. The summed E-state index contributed by atoms with van der Waals surface area (Å²) < 4.78 is 5.56. The Morgan fingerprint density at radius 1 is 1.36 bits per heavy atom. The highest BCUT2D eigenvalue weighted by molar-refractivity contribution is 6.35. The Morgan fingerprint density at radius 2 is 2.11 bits per heavy atom. The molecule has 1 heterocycles. The van der Waals surface area contributed by atoms with E-state index in [4.69, 9.17) is 16.3 Å². The van der Waals surface area contributed by atoms with E-state index in [-0.39, 0.29) is 0 Å². The molecule has 0 unspecified atom stereocenters. The minimum Gasteiger partial charge on any atom is -0.501 e. The van der Waals surface area contributed by atoms with Gasteiger partial charge in [0.15, 0.2) is 0 Å². The highest BCUT2D eigenvalue weighted by Crippen LogP contribution is 2.46. The van der Waals surface area contributed by atoms with Gasteiger partial charge in [0.2, 0.25) is 0 Å². The topological polar surface area (TPSA) is 51.4 Å². The Morgan fingerprint density at radius 3 is 2.75 bits per heavy atom. The van der Waals surface area contributed by atoms with E-state index in [9.17, 15) is 0 Å². The maximum Gasteiger partial charge on any atom is 0.0958 e. The van der Waals surface area contributed by atoms with E-state index in [1.54, 1.807) is 7.11 Å². The standard InChI is InChI=1S/C22H27ClN2O.CH5N/c1-25(2)14-5-4-7-18(26-3)12-11-17-15-20(23)19-8-6-13-24-22(19)21(17)16-9-10-16;1-2/h4-8,13,15-16H,9-12,14H2,1-3H3;2H2,1H3/b5-4+,18-7-;. The molecule has 0 radical (unpaired) electrons. The van der Waals surface area contributed by atoms with Crippen molar-refractivity contribution in [1.82, 2.24) is 9.88 Å². The first kappa shape index (κ1) is 22.4. The van der Waals surface area contributed by atoms with Crippen LogP contribution in [0.3, 0.4) is 0 Å². The lowest BCUT2D eigenvalue weighted by Gasteiger charge is -2.14. The lowest BCUT2D eigenvalue weighted by Crippen LogP contribution is -2.10. The molecule has 3 rings (SSSR count). The average molecular weight is 402 g/mol. The Hall–Kier alpha value is -1.88. The molecule has 1 saturated carbocycles. The molecule has 2 aromatic rings. The highest BCUT2D eigenvalue weighted by atomic mass is 35.5. The van der Waals surface area contributed by atoms with Crippen molar-refractivity contribution in [3.8, 4) is 0 Å². The summed E-state index contributed by atoms with van der Waals surface area (Å²) in [6.07, 6.45) is 12.4. The van der Waals surface area contributed by atoms with Crippen LogP contribution in [0.15, 0.2) is 48.4 Å². The number of ether oxygens (including phenoxy) is 1. The highest BCUT2D eigenvalue weighted by Gasteiger charge is 2.29. The van der Waals surface area contributed by atoms with Gasteiger partial charge in [0.1, 0.15) is 0 Å². The molecule has 152 valence electrons. The van der Waals surface area contributed by atoms with Gasteiger partial charge < -0.3 is 15.4 Å². The Bertz CT molecular complexity index is 826. The maximum absolute atomic E-state index is 6.54. The molecule has 0 saturated heterocycles. The smallest absolute Gasteiger partial charge is 0.0958 e. The lowest BCUT2D eigenvalue weighted by molar-refractivity contribution is 0.277. The molecule has 5 heteroatoms. The molecule has 0 bridgehead atoms. The fourth-order valence-electron chi connectivity index (χ4n) is 3.27. The van der Waals surface area contributed by atoms with Crippen molar-refractivity contribution in [2.45, 2.75) is 31.6 Å². The van der Waals surface area contributed by atoms with Gasteiger partial charge in [0.25, 0.3) is 0 Å². The zero-order chi connectivity index (χ0) is 20.5. The average Bonchev–Trinajstić information content (AvgIpc) is 3.54. The van der Waals surface area contributed by atoms with Crippen LogP contribution in [0.1, 0.15) is 36.3 Å². The zero-order valence-corrected chi connectivity index (χ0v) is 18.2. The van der Waals surface area contributed by atoms with Gasteiger partial charge in [-0.3, -0.25) is 4.98 Å². The molecule has 0 spiro atoms. The molecule has 4 nitrogen and oxygen atoms in total. The van der Waals surface area contributed by atoms with Gasteiger partial charge in [0, 0.05) is 24.5 Å². The van der Waals surface area contributed by atoms with Crippen LogP contribution in [0.4, 0.5) is 0 Å². The van der Waals surface area contributed by atoms with E-state index in [0.717, 1.165) is 41.1 Å². The molecule has 28 heavy (non-hydrogen) atoms. The lowest BCUT2D eigenvalue weighted by atomic mass is 9.95. The zero-order valence-electron chi connectivity index (χ0n) is 17.4. The van der Waals surface area contributed by atoms with Crippen molar-refractivity contribution in [2.75, 3.05) is 34.8 Å². The van der Waals surface area contributed by atoms with Crippen LogP contribution >= 0.6 is 11.6 Å². The number of nitrogens with zero attached hydrogens (tertiary/aromatic N) is 2. The summed E-state index contributed by atoms with van der Waals surface area (Å²) in [5, 5.41) is 1.86. The van der Waals surface area contributed by atoms with Crippen molar-refractivity contribution in [3.05, 3.63) is 64.5 Å². The minimum atomic E-state index is 0.634. The maximum atomic E-state index is 6.54. The summed E-state index contributed by atoms with van der Waals surface area (Å²) in [7, 11) is 7.35. The van der Waals surface area contributed by atoms with Gasteiger partial charge in [-0.25, -0.2) is 0 Å². The van der Waals surface area contributed by atoms with E-state index >= 15 is 0 Å². The number of aromatic nitrogens is 1. The van der Waals surface area contributed by atoms with Crippen LogP contribution in [0, 0.1) is 0 Å². The summed E-state index contributed by atoms with van der Waals surface area (Å²) in [6.45, 7) is 0.922. The van der Waals surface area contributed by atoms with Crippen LogP contribution in [-0.4, -0.2) is 44.7 Å². The van der Waals surface area contributed by atoms with Gasteiger partial charge in [0.05, 0.1) is 23.4 Å². The quantitative estimate of drug-likeness (QED) is 0.503. The molecular weight excluding hydrogens is 370 g/mol. The predicted molar refractivity (Wildman–Crippen MR) is 120 cm³/mol. The van der Waals surface area contributed by atoms with Gasteiger partial charge in [-0.05, 0) is 81.7 Å². The number of benzene rings is 1. The summed E-state index contributed by atoms with van der Waals surface area (Å²) in [5.41, 5.74) is 8.28. The molecule has 1 aromatic heterocycles. The number of nitrogens with two attached hydrogens (primary N) is 1. The van der Waals surface area contributed by atoms with Crippen LogP contribution in [0.25, 0.3) is 10.9 Å². The van der Waals surface area contributed by atoms with Gasteiger partial charge >= 0.3 is 0 Å². The van der Waals surface area contributed by atoms with Crippen LogP contribution < -0.4 is 5.73 Å². The third-order valence-electron chi connectivity index (χ3n) is 4.74. The monoisotopic (exact) mass is 401 g/mol. The third kappa shape index (κ3) is 6.06. The summed E-state index contributed by atoms with van der Waals surface area (Å²) >= 11 is 6.54. The van der Waals surface area contributed by atoms with Crippen molar-refractivity contribution < 1.29 is 4.74 Å². The number of aryl methyl sites for hydroxylation is 1. The number of rotatable bonds is 8. The second kappa shape index (κ2) is 11.2. The number of pyridine rings is 1. The number of halogens is 1. The second-order valence-electron chi connectivity index (χ2n) is 7.13. The van der Waals surface area contributed by atoms with Gasteiger partial charge in [-0.2, -0.15) is 0 Å². The first-order valence-corrected chi connectivity index (χ1v) is 10.2. The van der Waals surface area contributed by atoms with E-state index in [1.165, 1.54) is 31.0 Å². The predicted octanol–water partition coefficient (Wildman–Crippen LogP) is 4.92. The minimum absolute atomic E-state index is 0.634. The SMILES string of the molecule is CN.CO/C(=C\C=C\CN(C)C)CCc1cc(Cl)c2cccnc2c1C1CC1. The Labute approximate surface area is 174 Å². The van der Waals surface area contributed by atoms with E-state index in [0.29, 0.717) is 5.92 Å². The van der Waals surface area contributed by atoms with Crippen molar-refractivity contribution in [3.63, 3.8) is 0 Å². The van der Waals surface area contributed by atoms with Gasteiger partial charge in [-0.1, -0.05) is 23.8 Å². The molecule has 2 N–H and O–H groups in total. The molecular formula is C23H32ClN3O. The third-order valence-corrected chi connectivity index (χ3v) is 5.06. The van der Waals surface area contributed by atoms with Gasteiger partial charge in [-0.15, -0.1) is 0 Å². The van der Waals surface area contributed by atoms with Crippen molar-refractivity contribution >= 4 is 22.5 Å². The van der Waals surface area contributed by atoms with E-state index in [1.807, 2.05) is 12.3 Å². The van der Waals surface area contributed by atoms with E-state index in [2.05, 4.69) is 60.1 Å². The Kier molecular flexibility index (Phi) is 8.97. The fraction of sp³-hybridized carbons (Fsp3) is 0.435. The number of methoxy groups -OCH3 is 1. The number of hydrogen-bond acceptors (Lipinski definition) is 4. The molecule has 0 atom stereocenters. The first-order valence-electron chi connectivity index (χ1n) is 9.78. The molecule has 1 fully saturated rings. The Balaban J connectivity index is 0.00000136. The normalized spacial score (nSPS) is 14.5. The number of hydrogen-bond donors (Lipinski definition) is 1. The summed E-state index contributed by atoms with van der Waals surface area (Å²) in [5.74, 6) is 1.62. The number of likely N-dealkylation sites (N-methyl/N-ethyl adjacent to an activating group) is 1. The number of allylic oxidation sites excluding steroid dienone is 3. The fourth-order valence-corrected chi connectivity index (χ4v) is 3.55. The molecule has 1 aliphatic rings. The second-order valence-corrected chi connectivity index (χ2v) is 7.54. The summed E-state index contributed by atoms with van der Waals surface area (Å²) in [6, 6.07) is 6.15. The van der Waals surface area contributed by atoms with Crippen LogP contribution in [-0.2, 0) is 11.2 Å². The summed E-state index contributed by atoms with van der Waals surface area (Å²) in [4.78, 5) is 6.77. The van der Waals surface area contributed by atoms with Crippen molar-refractivity contribution in [1.29, 1.82) is 0 Å². The molecule has 1 aromatic carbocycles. The van der Waals surface area contributed by atoms with Crippen LogP contribution in [0.5, 0.6) is 0 Å². The van der Waals surface area contributed by atoms with E-state index < -0.39 is 0 Å². The molecule has 1 aliphatic carbocycles. The first-order chi connectivity index (χ1) is 13.6.